The molecule has 0 radical (unpaired) electrons. The third kappa shape index (κ3) is 2.96. The van der Waals surface area contributed by atoms with Gasteiger partial charge in [0.15, 0.2) is 0 Å². The van der Waals surface area contributed by atoms with Crippen molar-refractivity contribution in [3.63, 3.8) is 0 Å². The van der Waals surface area contributed by atoms with E-state index in [-0.39, 0.29) is 6.10 Å². The quantitative estimate of drug-likeness (QED) is 0.789. The van der Waals surface area contributed by atoms with Crippen LogP contribution in [0.25, 0.3) is 0 Å². The van der Waals surface area contributed by atoms with Crippen molar-refractivity contribution in [2.24, 2.45) is 0 Å². The van der Waals surface area contributed by atoms with Crippen LogP contribution >= 0.6 is 0 Å². The summed E-state index contributed by atoms with van der Waals surface area (Å²) in [5, 5.41) is 3.01. The van der Waals surface area contributed by atoms with Crippen molar-refractivity contribution in [2.75, 3.05) is 19.5 Å². The van der Waals surface area contributed by atoms with Gasteiger partial charge in [0.2, 0.25) is 0 Å². The molecule has 4 heteroatoms. The number of hydrogen-bond acceptors (Lipinski definition) is 4. The first kappa shape index (κ1) is 10.9. The molecule has 0 aliphatic heterocycles. The van der Waals surface area contributed by atoms with E-state index in [2.05, 4.69) is 15.3 Å². The summed E-state index contributed by atoms with van der Waals surface area (Å²) in [4.78, 5) is 8.68. The Kier molecular flexibility index (Phi) is 3.83. The van der Waals surface area contributed by atoms with Crippen LogP contribution in [0.15, 0.2) is 6.07 Å². The fraction of sp³-hybridized carbons (Fsp3) is 0.600. The van der Waals surface area contributed by atoms with Crippen LogP contribution < -0.4 is 5.32 Å². The highest BCUT2D eigenvalue weighted by Crippen LogP contribution is 2.07. The lowest BCUT2D eigenvalue weighted by Gasteiger charge is -2.09. The van der Waals surface area contributed by atoms with E-state index in [1.54, 1.807) is 7.11 Å². The van der Waals surface area contributed by atoms with Gasteiger partial charge in [0.25, 0.3) is 0 Å². The van der Waals surface area contributed by atoms with Crippen molar-refractivity contribution in [1.29, 1.82) is 0 Å². The van der Waals surface area contributed by atoms with Gasteiger partial charge in [-0.15, -0.1) is 0 Å². The number of methoxy groups -OCH3 is 1. The lowest BCUT2D eigenvalue weighted by Crippen LogP contribution is -2.12. The molecular weight excluding hydrogens is 178 g/mol. The van der Waals surface area contributed by atoms with Gasteiger partial charge in [-0.25, -0.2) is 9.97 Å². The number of nitrogens with zero attached hydrogens (tertiary/aromatic N) is 2. The summed E-state index contributed by atoms with van der Waals surface area (Å²) in [6.45, 7) is 3.97. The highest BCUT2D eigenvalue weighted by atomic mass is 16.5. The van der Waals surface area contributed by atoms with Gasteiger partial charge in [-0.05, 0) is 13.8 Å². The molecule has 0 saturated heterocycles. The van der Waals surface area contributed by atoms with Crippen LogP contribution in [0.3, 0.4) is 0 Å². The Morgan fingerprint density at radius 1 is 1.50 bits per heavy atom. The molecule has 0 amide bonds. The fourth-order valence-corrected chi connectivity index (χ4v) is 1.19. The molecule has 78 valence electrons. The number of nitrogens with one attached hydrogen (secondary N) is 1. The SMILES string of the molecule is CNc1cc(C)nc(CC(C)OC)n1. The van der Waals surface area contributed by atoms with Gasteiger partial charge in [0, 0.05) is 32.3 Å². The molecular formula is C10H17N3O. The second-order valence-electron chi connectivity index (χ2n) is 3.31. The van der Waals surface area contributed by atoms with Crippen LogP contribution in [0.4, 0.5) is 5.82 Å². The molecule has 0 bridgehead atoms. The first-order chi connectivity index (χ1) is 6.65. The van der Waals surface area contributed by atoms with Gasteiger partial charge in [-0.1, -0.05) is 0 Å². The molecule has 1 aromatic rings. The molecule has 0 aliphatic carbocycles. The second kappa shape index (κ2) is 4.91. The zero-order valence-electron chi connectivity index (χ0n) is 9.16. The Morgan fingerprint density at radius 2 is 2.21 bits per heavy atom. The Bertz CT molecular complexity index is 301. The van der Waals surface area contributed by atoms with Crippen LogP contribution in [-0.4, -0.2) is 30.2 Å². The monoisotopic (exact) mass is 195 g/mol. The van der Waals surface area contributed by atoms with E-state index in [4.69, 9.17) is 4.74 Å². The summed E-state index contributed by atoms with van der Waals surface area (Å²) >= 11 is 0. The van der Waals surface area contributed by atoms with Crippen LogP contribution in [0.2, 0.25) is 0 Å². The highest BCUT2D eigenvalue weighted by molar-refractivity contribution is 5.34. The summed E-state index contributed by atoms with van der Waals surface area (Å²) in [7, 11) is 3.55. The molecule has 0 spiro atoms. The minimum absolute atomic E-state index is 0.154. The predicted octanol–water partition coefficient (Wildman–Crippen LogP) is 1.40. The second-order valence-corrected chi connectivity index (χ2v) is 3.31. The molecule has 0 aliphatic rings. The predicted molar refractivity (Wildman–Crippen MR) is 56.5 cm³/mol. The average molecular weight is 195 g/mol. The van der Waals surface area contributed by atoms with E-state index in [0.29, 0.717) is 0 Å². The number of rotatable bonds is 4. The molecule has 0 aromatic carbocycles. The van der Waals surface area contributed by atoms with Gasteiger partial charge in [-0.2, -0.15) is 0 Å². The normalized spacial score (nSPS) is 12.6. The number of ether oxygens (including phenoxy) is 1. The largest absolute Gasteiger partial charge is 0.381 e. The molecule has 1 N–H and O–H groups in total. The molecule has 1 rings (SSSR count). The lowest BCUT2D eigenvalue weighted by atomic mass is 10.2. The molecule has 0 fully saturated rings. The Morgan fingerprint density at radius 3 is 2.79 bits per heavy atom. The number of aryl methyl sites for hydroxylation is 1. The maximum Gasteiger partial charge on any atom is 0.133 e. The van der Waals surface area contributed by atoms with Gasteiger partial charge in [-0.3, -0.25) is 0 Å². The van der Waals surface area contributed by atoms with E-state index < -0.39 is 0 Å². The van der Waals surface area contributed by atoms with Crippen LogP contribution in [0.1, 0.15) is 18.4 Å². The number of hydrogen-bond donors (Lipinski definition) is 1. The number of aromatic nitrogens is 2. The molecule has 1 unspecified atom stereocenters. The maximum absolute atomic E-state index is 5.17. The van der Waals surface area contributed by atoms with E-state index >= 15 is 0 Å². The van der Waals surface area contributed by atoms with E-state index in [1.807, 2.05) is 27.0 Å². The fourth-order valence-electron chi connectivity index (χ4n) is 1.19. The highest BCUT2D eigenvalue weighted by Gasteiger charge is 2.06. The van der Waals surface area contributed by atoms with Crippen molar-refractivity contribution < 1.29 is 4.74 Å². The smallest absolute Gasteiger partial charge is 0.133 e. The molecule has 1 heterocycles. The molecule has 4 nitrogen and oxygen atoms in total. The maximum atomic E-state index is 5.17. The van der Waals surface area contributed by atoms with Crippen LogP contribution in [-0.2, 0) is 11.2 Å². The average Bonchev–Trinajstić information content (AvgIpc) is 2.16. The van der Waals surface area contributed by atoms with E-state index in [9.17, 15) is 0 Å². The third-order valence-corrected chi connectivity index (χ3v) is 2.03. The van der Waals surface area contributed by atoms with E-state index in [1.165, 1.54) is 0 Å². The first-order valence-electron chi connectivity index (χ1n) is 4.70. The summed E-state index contributed by atoms with van der Waals surface area (Å²) in [6.07, 6.45) is 0.897. The summed E-state index contributed by atoms with van der Waals surface area (Å²) in [6, 6.07) is 1.92. The van der Waals surface area contributed by atoms with Gasteiger partial charge >= 0.3 is 0 Å². The zero-order chi connectivity index (χ0) is 10.6. The molecule has 0 saturated carbocycles. The Hall–Kier alpha value is -1.16. The summed E-state index contributed by atoms with van der Waals surface area (Å²) in [5.74, 6) is 1.68. The van der Waals surface area contributed by atoms with Crippen molar-refractivity contribution >= 4 is 5.82 Å². The Balaban J connectivity index is 2.81. The molecule has 1 atom stereocenters. The lowest BCUT2D eigenvalue weighted by molar-refractivity contribution is 0.117. The third-order valence-electron chi connectivity index (χ3n) is 2.03. The van der Waals surface area contributed by atoms with Gasteiger partial charge in [0.1, 0.15) is 11.6 Å². The van der Waals surface area contributed by atoms with Gasteiger partial charge in [0.05, 0.1) is 6.10 Å². The minimum Gasteiger partial charge on any atom is -0.381 e. The van der Waals surface area contributed by atoms with Crippen molar-refractivity contribution in [2.45, 2.75) is 26.4 Å². The zero-order valence-corrected chi connectivity index (χ0v) is 9.16. The van der Waals surface area contributed by atoms with Gasteiger partial charge < -0.3 is 10.1 Å². The topological polar surface area (TPSA) is 47.0 Å². The van der Waals surface area contributed by atoms with Crippen LogP contribution in [0.5, 0.6) is 0 Å². The number of anilines is 1. The van der Waals surface area contributed by atoms with Crippen molar-refractivity contribution in [1.82, 2.24) is 9.97 Å². The summed E-state index contributed by atoms with van der Waals surface area (Å²) < 4.78 is 5.17. The Labute approximate surface area is 84.7 Å². The van der Waals surface area contributed by atoms with Crippen molar-refractivity contribution in [3.8, 4) is 0 Å². The summed E-state index contributed by atoms with van der Waals surface area (Å²) in [5.41, 5.74) is 0.975. The molecule has 14 heavy (non-hydrogen) atoms. The van der Waals surface area contributed by atoms with E-state index in [0.717, 1.165) is 23.8 Å². The van der Waals surface area contributed by atoms with Crippen LogP contribution in [0, 0.1) is 6.92 Å². The van der Waals surface area contributed by atoms with Crippen molar-refractivity contribution in [3.05, 3.63) is 17.6 Å². The first-order valence-corrected chi connectivity index (χ1v) is 4.70. The minimum atomic E-state index is 0.154. The standard InChI is InChI=1S/C10H17N3O/c1-7-5-9(11-3)13-10(12-7)6-8(2)14-4/h5,8H,6H2,1-4H3,(H,11,12,13). The molecule has 1 aromatic heterocycles.